The molecule has 1 heterocycles. The Balaban J connectivity index is 3.17. The number of ether oxygens (including phenoxy) is 1. The van der Waals surface area contributed by atoms with Crippen LogP contribution in [0.15, 0.2) is 0 Å². The quantitative estimate of drug-likeness (QED) is 0.620. The second-order valence-electron chi connectivity index (χ2n) is 3.18. The first-order valence-electron chi connectivity index (χ1n) is 4.64. The van der Waals surface area contributed by atoms with E-state index in [1.54, 1.807) is 0 Å². The molecule has 0 aliphatic rings. The molecule has 0 saturated heterocycles. The van der Waals surface area contributed by atoms with Crippen LogP contribution in [-0.4, -0.2) is 33.5 Å². The van der Waals surface area contributed by atoms with Crippen molar-refractivity contribution in [2.45, 2.75) is 19.0 Å². The minimum atomic E-state index is -5.82. The van der Waals surface area contributed by atoms with E-state index < -0.39 is 29.7 Å². The lowest BCUT2D eigenvalue weighted by Gasteiger charge is -2.17. The summed E-state index contributed by atoms with van der Waals surface area (Å²) in [6, 6.07) is 0. The van der Waals surface area contributed by atoms with Gasteiger partial charge in [0.2, 0.25) is 5.82 Å². The topological polar surface area (TPSA) is 57.0 Å². The van der Waals surface area contributed by atoms with Crippen molar-refractivity contribution in [3.05, 3.63) is 11.6 Å². The number of carbonyl (C=O) groups excluding carboxylic acids is 1. The molecule has 0 saturated carbocycles. The van der Waals surface area contributed by atoms with Crippen LogP contribution in [0.2, 0.25) is 0 Å². The summed E-state index contributed by atoms with van der Waals surface area (Å²) in [4.78, 5) is 14.0. The van der Waals surface area contributed by atoms with Crippen molar-refractivity contribution in [3.63, 3.8) is 0 Å². The Morgan fingerprint density at radius 3 is 2.33 bits per heavy atom. The van der Waals surface area contributed by atoms with Gasteiger partial charge in [-0.3, -0.25) is 0 Å². The third kappa shape index (κ3) is 2.41. The molecule has 0 radical (unpaired) electrons. The number of rotatable bonds is 3. The van der Waals surface area contributed by atoms with E-state index in [2.05, 4.69) is 14.8 Å². The molecule has 0 spiro atoms. The van der Waals surface area contributed by atoms with Gasteiger partial charge in [0.15, 0.2) is 0 Å². The molecule has 10 heteroatoms. The summed E-state index contributed by atoms with van der Waals surface area (Å²) < 4.78 is 66.9. The summed E-state index contributed by atoms with van der Waals surface area (Å²) in [7, 11) is 0.824. The molecule has 0 atom stereocenters. The standard InChI is InChI=1S/C8H8F5N3O2/c1-3-18-5(17)4-14-6(16(2)15-4)7(9,10)8(11,12)13/h3H2,1-2H3. The predicted molar refractivity (Wildman–Crippen MR) is 46.9 cm³/mol. The second-order valence-corrected chi connectivity index (χ2v) is 3.18. The molecule has 0 N–H and O–H groups in total. The van der Waals surface area contributed by atoms with Crippen LogP contribution >= 0.6 is 0 Å². The Kier molecular flexibility index (Phi) is 3.58. The number of hydrogen-bond donors (Lipinski definition) is 0. The van der Waals surface area contributed by atoms with Gasteiger partial charge in [-0.05, 0) is 6.92 Å². The molecule has 1 aromatic heterocycles. The molecule has 0 amide bonds. The lowest BCUT2D eigenvalue weighted by atomic mass is 10.3. The monoisotopic (exact) mass is 273 g/mol. The average Bonchev–Trinajstić information content (AvgIpc) is 2.59. The van der Waals surface area contributed by atoms with Crippen molar-refractivity contribution in [2.75, 3.05) is 6.61 Å². The van der Waals surface area contributed by atoms with Gasteiger partial charge in [0, 0.05) is 7.05 Å². The number of nitrogens with zero attached hydrogens (tertiary/aromatic N) is 3. The Labute approximate surface area is 97.6 Å². The van der Waals surface area contributed by atoms with Gasteiger partial charge in [0.1, 0.15) is 0 Å². The molecule has 18 heavy (non-hydrogen) atoms. The van der Waals surface area contributed by atoms with Gasteiger partial charge in [0.05, 0.1) is 6.61 Å². The maximum atomic E-state index is 13.0. The zero-order valence-electron chi connectivity index (χ0n) is 9.26. The van der Waals surface area contributed by atoms with Crippen molar-refractivity contribution >= 4 is 5.97 Å². The Hall–Kier alpha value is -1.74. The van der Waals surface area contributed by atoms with Crippen molar-refractivity contribution in [1.29, 1.82) is 0 Å². The summed E-state index contributed by atoms with van der Waals surface area (Å²) in [5.74, 6) is -8.88. The van der Waals surface area contributed by atoms with Gasteiger partial charge in [-0.25, -0.2) is 9.48 Å². The lowest BCUT2D eigenvalue weighted by molar-refractivity contribution is -0.293. The summed E-state index contributed by atoms with van der Waals surface area (Å²) in [6.45, 7) is 1.36. The van der Waals surface area contributed by atoms with Crippen LogP contribution in [0, 0.1) is 0 Å². The third-order valence-corrected chi connectivity index (χ3v) is 1.86. The van der Waals surface area contributed by atoms with Gasteiger partial charge < -0.3 is 4.74 Å². The van der Waals surface area contributed by atoms with Crippen LogP contribution in [-0.2, 0) is 17.7 Å². The number of alkyl halides is 5. The maximum absolute atomic E-state index is 13.0. The van der Waals surface area contributed by atoms with E-state index in [9.17, 15) is 26.7 Å². The van der Waals surface area contributed by atoms with E-state index in [0.29, 0.717) is 0 Å². The summed E-state index contributed by atoms with van der Waals surface area (Å²) in [5.41, 5.74) is 0. The highest BCUT2D eigenvalue weighted by Gasteiger charge is 2.62. The molecular weight excluding hydrogens is 265 g/mol. The Morgan fingerprint density at radius 2 is 1.89 bits per heavy atom. The minimum absolute atomic E-state index is 0.0813. The Bertz CT molecular complexity index is 454. The number of halogens is 5. The number of aryl methyl sites for hydroxylation is 1. The SMILES string of the molecule is CCOC(=O)c1nc(C(F)(F)C(F)(F)F)n(C)n1. The molecule has 0 aliphatic heterocycles. The number of esters is 1. The molecular formula is C8H8F5N3O2. The van der Waals surface area contributed by atoms with E-state index in [4.69, 9.17) is 0 Å². The highest BCUT2D eigenvalue weighted by molar-refractivity contribution is 5.85. The number of aromatic nitrogens is 3. The first-order valence-corrected chi connectivity index (χ1v) is 4.64. The fourth-order valence-corrected chi connectivity index (χ4v) is 1.07. The molecule has 0 aliphatic carbocycles. The molecule has 5 nitrogen and oxygen atoms in total. The highest BCUT2D eigenvalue weighted by Crippen LogP contribution is 2.42. The van der Waals surface area contributed by atoms with Crippen molar-refractivity contribution in [2.24, 2.45) is 7.05 Å². The van der Waals surface area contributed by atoms with Gasteiger partial charge in [-0.1, -0.05) is 0 Å². The molecule has 1 rings (SSSR count). The summed E-state index contributed by atoms with van der Waals surface area (Å²) in [6.07, 6.45) is -5.82. The number of carbonyl (C=O) groups is 1. The zero-order valence-corrected chi connectivity index (χ0v) is 9.26. The smallest absolute Gasteiger partial charge is 0.460 e. The largest absolute Gasteiger partial charge is 0.461 e. The van der Waals surface area contributed by atoms with E-state index in [1.165, 1.54) is 6.92 Å². The lowest BCUT2D eigenvalue weighted by Crippen LogP contribution is -2.36. The highest BCUT2D eigenvalue weighted by atomic mass is 19.4. The predicted octanol–water partition coefficient (Wildman–Crippen LogP) is 1.65. The maximum Gasteiger partial charge on any atom is 0.461 e. The first kappa shape index (κ1) is 14.3. The van der Waals surface area contributed by atoms with Crippen LogP contribution in [0.4, 0.5) is 22.0 Å². The molecule has 1 aromatic rings. The fourth-order valence-electron chi connectivity index (χ4n) is 1.07. The first-order chi connectivity index (χ1) is 8.11. The van der Waals surface area contributed by atoms with Crippen molar-refractivity contribution in [1.82, 2.24) is 14.8 Å². The van der Waals surface area contributed by atoms with Gasteiger partial charge in [0.25, 0.3) is 5.82 Å². The molecule has 0 bridgehead atoms. The molecule has 0 fully saturated rings. The van der Waals surface area contributed by atoms with Crippen LogP contribution in [0.5, 0.6) is 0 Å². The second kappa shape index (κ2) is 4.50. The Morgan fingerprint density at radius 1 is 1.33 bits per heavy atom. The number of hydrogen-bond acceptors (Lipinski definition) is 4. The van der Waals surface area contributed by atoms with Crippen LogP contribution in [0.1, 0.15) is 23.4 Å². The van der Waals surface area contributed by atoms with E-state index >= 15 is 0 Å². The molecule has 102 valence electrons. The third-order valence-electron chi connectivity index (χ3n) is 1.86. The average molecular weight is 273 g/mol. The van der Waals surface area contributed by atoms with E-state index in [1.807, 2.05) is 0 Å². The van der Waals surface area contributed by atoms with Gasteiger partial charge >= 0.3 is 18.1 Å². The van der Waals surface area contributed by atoms with Crippen molar-refractivity contribution < 1.29 is 31.5 Å². The molecule has 0 aromatic carbocycles. The van der Waals surface area contributed by atoms with Crippen LogP contribution in [0.25, 0.3) is 0 Å². The zero-order chi connectivity index (χ0) is 14.1. The van der Waals surface area contributed by atoms with E-state index in [0.717, 1.165) is 7.05 Å². The van der Waals surface area contributed by atoms with Gasteiger partial charge in [-0.15, -0.1) is 5.10 Å². The van der Waals surface area contributed by atoms with E-state index in [-0.39, 0.29) is 11.3 Å². The minimum Gasteiger partial charge on any atom is -0.460 e. The van der Waals surface area contributed by atoms with Crippen LogP contribution in [0.3, 0.4) is 0 Å². The van der Waals surface area contributed by atoms with Crippen LogP contribution < -0.4 is 0 Å². The summed E-state index contributed by atoms with van der Waals surface area (Å²) in [5, 5.41) is 3.16. The molecule has 0 unspecified atom stereocenters. The summed E-state index contributed by atoms with van der Waals surface area (Å²) >= 11 is 0. The normalized spacial score (nSPS) is 12.6. The fraction of sp³-hybridized carbons (Fsp3) is 0.625. The van der Waals surface area contributed by atoms with Crippen molar-refractivity contribution in [3.8, 4) is 0 Å². The van der Waals surface area contributed by atoms with Gasteiger partial charge in [-0.2, -0.15) is 26.9 Å².